The first kappa shape index (κ1) is 23.5. The number of rotatable bonds is 7. The summed E-state index contributed by atoms with van der Waals surface area (Å²) in [5.41, 5.74) is 10.5. The Morgan fingerprint density at radius 1 is 1.18 bits per heavy atom. The monoisotopic (exact) mass is 477 g/mol. The van der Waals surface area contributed by atoms with E-state index in [1.807, 2.05) is 43.3 Å². The summed E-state index contributed by atoms with van der Waals surface area (Å²) in [5, 5.41) is 13.2. The van der Waals surface area contributed by atoms with Gasteiger partial charge in [0.15, 0.2) is 0 Å². The molecule has 1 heterocycles. The van der Waals surface area contributed by atoms with Gasteiger partial charge in [0.2, 0.25) is 5.91 Å². The zero-order valence-electron chi connectivity index (χ0n) is 19.3. The summed E-state index contributed by atoms with van der Waals surface area (Å²) >= 11 is 0. The molecule has 34 heavy (non-hydrogen) atoms. The number of primary amides is 1. The molecular weight excluding hydrogens is 450 g/mol. The Balaban J connectivity index is 2.02. The van der Waals surface area contributed by atoms with Crippen molar-refractivity contribution in [2.24, 2.45) is 5.73 Å². The largest absolute Gasteiger partial charge is 0.386 e. The van der Waals surface area contributed by atoms with Gasteiger partial charge in [-0.1, -0.05) is 43.0 Å². The number of anilines is 1. The number of carbonyl (C=O) groups excluding carboxylic acids is 1. The van der Waals surface area contributed by atoms with E-state index in [1.54, 1.807) is 26.0 Å². The van der Waals surface area contributed by atoms with E-state index < -0.39 is 21.5 Å². The molecule has 5 N–H and O–H groups in total. The maximum absolute atomic E-state index is 12.1. The van der Waals surface area contributed by atoms with Crippen LogP contribution < -0.4 is 10.5 Å². The maximum Gasteiger partial charge on any atom is 0.254 e. The van der Waals surface area contributed by atoms with Gasteiger partial charge >= 0.3 is 0 Å². The van der Waals surface area contributed by atoms with Gasteiger partial charge in [0.05, 0.1) is 23.2 Å². The summed E-state index contributed by atoms with van der Waals surface area (Å²) in [6, 6.07) is 14.9. The lowest BCUT2D eigenvalue weighted by atomic mass is 9.92. The van der Waals surface area contributed by atoms with Crippen LogP contribution in [-0.4, -0.2) is 24.4 Å². The fourth-order valence-electron chi connectivity index (χ4n) is 4.24. The maximum atomic E-state index is 12.1. The Kier molecular flexibility index (Phi) is 5.75. The first-order valence-corrected chi connectivity index (χ1v) is 12.3. The SMILES string of the molecule is C=CS(=O)(=O)Nc1cccc(-c2ccc(CC(N)=O)c3[nH]c4cc(C(C)(C)O)ccc4c23)c1C. The number of carbonyl (C=O) groups is 1. The third-order valence-corrected chi connectivity index (χ3v) is 6.95. The highest BCUT2D eigenvalue weighted by Gasteiger charge is 2.21. The van der Waals surface area contributed by atoms with Crippen molar-refractivity contribution in [3.05, 3.63) is 77.2 Å². The average molecular weight is 478 g/mol. The smallest absolute Gasteiger partial charge is 0.254 e. The lowest BCUT2D eigenvalue weighted by Crippen LogP contribution is -2.14. The van der Waals surface area contributed by atoms with Gasteiger partial charge in [-0.3, -0.25) is 9.52 Å². The van der Waals surface area contributed by atoms with Crippen molar-refractivity contribution in [3.63, 3.8) is 0 Å². The molecule has 0 atom stereocenters. The predicted molar refractivity (Wildman–Crippen MR) is 137 cm³/mol. The number of aromatic amines is 1. The molecule has 4 rings (SSSR count). The molecule has 176 valence electrons. The van der Waals surface area contributed by atoms with E-state index in [0.717, 1.165) is 55.0 Å². The molecule has 3 aromatic carbocycles. The quantitative estimate of drug-likeness (QED) is 0.314. The van der Waals surface area contributed by atoms with Gasteiger partial charge in [-0.05, 0) is 60.7 Å². The Hall–Kier alpha value is -3.62. The van der Waals surface area contributed by atoms with E-state index in [0.29, 0.717) is 5.69 Å². The van der Waals surface area contributed by atoms with Crippen LogP contribution in [0.2, 0.25) is 0 Å². The van der Waals surface area contributed by atoms with Gasteiger partial charge in [-0.2, -0.15) is 0 Å². The number of benzene rings is 3. The first-order valence-electron chi connectivity index (χ1n) is 10.7. The van der Waals surface area contributed by atoms with Crippen molar-refractivity contribution < 1.29 is 18.3 Å². The van der Waals surface area contributed by atoms with E-state index in [1.165, 1.54) is 0 Å². The van der Waals surface area contributed by atoms with Crippen LogP contribution in [0.25, 0.3) is 32.9 Å². The third-order valence-electron chi connectivity index (χ3n) is 6.01. The highest BCUT2D eigenvalue weighted by molar-refractivity contribution is 7.95. The zero-order chi connectivity index (χ0) is 24.8. The molecule has 0 aliphatic rings. The Bertz CT molecular complexity index is 1560. The van der Waals surface area contributed by atoms with Crippen LogP contribution in [0.15, 0.2) is 60.5 Å². The van der Waals surface area contributed by atoms with Crippen LogP contribution in [0, 0.1) is 6.92 Å². The molecule has 0 unspecified atom stereocenters. The standard InChI is InChI=1S/C26H27N3O4S/c1-5-34(32,33)29-21-8-6-7-18(15(21)2)19-11-9-16(13-23(27)30)25-24(19)20-12-10-17(26(3,4)31)14-22(20)28-25/h5-12,14,28-29,31H,1,13H2,2-4H3,(H2,27,30). The van der Waals surface area contributed by atoms with Crippen molar-refractivity contribution in [2.75, 3.05) is 4.72 Å². The van der Waals surface area contributed by atoms with Crippen LogP contribution in [-0.2, 0) is 26.8 Å². The highest BCUT2D eigenvalue weighted by Crippen LogP contribution is 2.40. The normalized spacial score (nSPS) is 12.2. The lowest BCUT2D eigenvalue weighted by molar-refractivity contribution is -0.117. The van der Waals surface area contributed by atoms with Gasteiger partial charge < -0.3 is 15.8 Å². The van der Waals surface area contributed by atoms with E-state index >= 15 is 0 Å². The number of hydrogen-bond acceptors (Lipinski definition) is 4. The average Bonchev–Trinajstić information content (AvgIpc) is 3.14. The molecule has 0 saturated heterocycles. The second-order valence-electron chi connectivity index (χ2n) is 8.90. The first-order chi connectivity index (χ1) is 15.9. The van der Waals surface area contributed by atoms with Crippen LogP contribution in [0.1, 0.15) is 30.5 Å². The molecule has 1 aromatic heterocycles. The summed E-state index contributed by atoms with van der Waals surface area (Å²) in [4.78, 5) is 15.1. The summed E-state index contributed by atoms with van der Waals surface area (Å²) in [6.07, 6.45) is 0.0696. The third kappa shape index (κ3) is 4.30. The highest BCUT2D eigenvalue weighted by atomic mass is 32.2. The van der Waals surface area contributed by atoms with Crippen LogP contribution in [0.4, 0.5) is 5.69 Å². The number of sulfonamides is 1. The van der Waals surface area contributed by atoms with Gasteiger partial charge in [0.25, 0.3) is 10.0 Å². The Morgan fingerprint density at radius 2 is 1.91 bits per heavy atom. The molecule has 4 aromatic rings. The van der Waals surface area contributed by atoms with Crippen molar-refractivity contribution >= 4 is 43.4 Å². The number of nitrogens with one attached hydrogen (secondary N) is 2. The number of H-pyrrole nitrogens is 1. The molecule has 0 aliphatic heterocycles. The molecule has 0 saturated carbocycles. The van der Waals surface area contributed by atoms with Gasteiger partial charge in [-0.15, -0.1) is 0 Å². The summed E-state index contributed by atoms with van der Waals surface area (Å²) in [7, 11) is -3.67. The molecular formula is C26H27N3O4S. The molecule has 1 amide bonds. The fourth-order valence-corrected chi connectivity index (χ4v) is 4.85. The minimum atomic E-state index is -3.67. The van der Waals surface area contributed by atoms with Gasteiger partial charge in [-0.25, -0.2) is 8.42 Å². The zero-order valence-corrected chi connectivity index (χ0v) is 20.1. The second-order valence-corrected chi connectivity index (χ2v) is 10.5. The number of hydrogen-bond donors (Lipinski definition) is 4. The minimum absolute atomic E-state index is 0.0696. The minimum Gasteiger partial charge on any atom is -0.386 e. The molecule has 0 fully saturated rings. The summed E-state index contributed by atoms with van der Waals surface area (Å²) in [5.74, 6) is -0.443. The van der Waals surface area contributed by atoms with Crippen LogP contribution in [0.3, 0.4) is 0 Å². The van der Waals surface area contributed by atoms with Crippen LogP contribution >= 0.6 is 0 Å². The second kappa shape index (κ2) is 8.30. The molecule has 8 heteroatoms. The fraction of sp³-hybridized carbons (Fsp3) is 0.192. The molecule has 7 nitrogen and oxygen atoms in total. The van der Waals surface area contributed by atoms with Crippen molar-refractivity contribution in [3.8, 4) is 11.1 Å². The topological polar surface area (TPSA) is 125 Å². The molecule has 0 spiro atoms. The van der Waals surface area contributed by atoms with Crippen LogP contribution in [0.5, 0.6) is 0 Å². The van der Waals surface area contributed by atoms with E-state index in [9.17, 15) is 18.3 Å². The predicted octanol–water partition coefficient (Wildman–Crippen LogP) is 4.44. The van der Waals surface area contributed by atoms with Crippen molar-refractivity contribution in [2.45, 2.75) is 32.8 Å². The van der Waals surface area contributed by atoms with Gasteiger partial charge in [0, 0.05) is 21.7 Å². The molecule has 0 bridgehead atoms. The number of amides is 1. The number of fused-ring (bicyclic) bond motifs is 3. The number of aliphatic hydroxyl groups is 1. The number of aromatic nitrogens is 1. The molecule has 0 aliphatic carbocycles. The van der Waals surface area contributed by atoms with E-state index in [4.69, 9.17) is 5.73 Å². The Morgan fingerprint density at radius 3 is 2.56 bits per heavy atom. The molecule has 0 radical (unpaired) electrons. The lowest BCUT2D eigenvalue weighted by Gasteiger charge is -2.17. The van der Waals surface area contributed by atoms with Crippen molar-refractivity contribution in [1.82, 2.24) is 4.98 Å². The van der Waals surface area contributed by atoms with E-state index in [-0.39, 0.29) is 6.42 Å². The van der Waals surface area contributed by atoms with E-state index in [2.05, 4.69) is 16.3 Å². The Labute approximate surface area is 198 Å². The summed E-state index contributed by atoms with van der Waals surface area (Å²) in [6.45, 7) is 8.65. The van der Waals surface area contributed by atoms with Gasteiger partial charge in [0.1, 0.15) is 0 Å². The van der Waals surface area contributed by atoms with Crippen molar-refractivity contribution in [1.29, 1.82) is 0 Å². The summed E-state index contributed by atoms with van der Waals surface area (Å²) < 4.78 is 26.7. The number of nitrogens with two attached hydrogens (primary N) is 1.